The number of thioether (sulfide) groups is 4. The zero-order valence-electron chi connectivity index (χ0n) is 68.8. The second kappa shape index (κ2) is 38.6. The number of para-hydroxylation sites is 5. The van der Waals surface area contributed by atoms with Gasteiger partial charge in [0.15, 0.2) is 18.6 Å². The number of aromatic nitrogens is 4. The van der Waals surface area contributed by atoms with Crippen LogP contribution in [0.3, 0.4) is 0 Å². The van der Waals surface area contributed by atoms with Gasteiger partial charge >= 0.3 is 0 Å². The van der Waals surface area contributed by atoms with Gasteiger partial charge in [-0.1, -0.05) is 143 Å². The molecule has 8 aromatic carbocycles. The van der Waals surface area contributed by atoms with E-state index in [-0.39, 0.29) is 60.9 Å². The van der Waals surface area contributed by atoms with Gasteiger partial charge in [0.05, 0.1) is 79.3 Å². The fraction of sp³-hybridized carbons (Fsp3) is 0.234. The maximum atomic E-state index is 12.6. The molecular weight excluding hydrogens is 1590 g/mol. The fourth-order valence-electron chi connectivity index (χ4n) is 14.1. The molecule has 0 spiro atoms. The first-order chi connectivity index (χ1) is 56.9. The van der Waals surface area contributed by atoms with E-state index in [9.17, 15) is 19.2 Å². The molecule has 16 rings (SSSR count). The van der Waals surface area contributed by atoms with Crippen LogP contribution in [-0.2, 0) is 47.4 Å². The Labute approximate surface area is 717 Å². The highest BCUT2D eigenvalue weighted by molar-refractivity contribution is 8.04. The largest absolute Gasteiger partial charge is 0.497 e. The van der Waals surface area contributed by atoms with Crippen molar-refractivity contribution in [2.75, 3.05) is 60.0 Å². The number of methoxy groups -OCH3 is 2. The maximum Gasteiger partial charge on any atom is 0.265 e. The molecule has 0 saturated heterocycles. The number of hydrogen-bond donors (Lipinski definition) is 4. The van der Waals surface area contributed by atoms with Gasteiger partial charge in [0.25, 0.3) is 5.01 Å². The molecule has 8 heterocycles. The molecule has 0 bridgehead atoms. The molecule has 4 N–H and O–H groups in total. The van der Waals surface area contributed by atoms with Crippen LogP contribution in [0, 0.1) is 0 Å². The van der Waals surface area contributed by atoms with Crippen LogP contribution in [0.4, 0.5) is 22.7 Å². The number of rotatable bonds is 19. The van der Waals surface area contributed by atoms with Crippen LogP contribution in [-0.4, -0.2) is 88.2 Å². The first kappa shape index (κ1) is 84.9. The van der Waals surface area contributed by atoms with Crippen LogP contribution in [0.2, 0.25) is 5.02 Å². The van der Waals surface area contributed by atoms with Crippen molar-refractivity contribution in [3.63, 3.8) is 0 Å². The molecule has 12 aromatic rings. The Morgan fingerprint density at radius 2 is 0.771 bits per heavy atom. The van der Waals surface area contributed by atoms with E-state index < -0.39 is 0 Å². The molecular formula is C94H99ClN12O6S5+4. The summed E-state index contributed by atoms with van der Waals surface area (Å²) in [5.74, 6) is 1.58. The third-order valence-electron chi connectivity index (χ3n) is 19.5. The minimum atomic E-state index is -0.0236. The molecule has 4 aliphatic heterocycles. The van der Waals surface area contributed by atoms with Crippen molar-refractivity contribution in [1.29, 1.82) is 0 Å². The van der Waals surface area contributed by atoms with Crippen molar-refractivity contribution in [2.24, 2.45) is 28.2 Å². The Balaban J connectivity index is 0.000000136. The van der Waals surface area contributed by atoms with E-state index >= 15 is 0 Å². The number of carbonyl (C=O) groups excluding carboxylic acids is 4. The van der Waals surface area contributed by atoms with E-state index in [1.54, 1.807) is 72.6 Å². The molecule has 0 fully saturated rings. The molecule has 118 heavy (non-hydrogen) atoms. The Hall–Kier alpha value is -11.1. The Morgan fingerprint density at radius 1 is 0.398 bits per heavy atom. The van der Waals surface area contributed by atoms with Crippen molar-refractivity contribution in [2.45, 2.75) is 99.1 Å². The molecule has 4 aliphatic rings. The number of carbonyl (C=O) groups is 4. The molecule has 0 radical (unpaired) electrons. The van der Waals surface area contributed by atoms with Crippen LogP contribution in [0.15, 0.2) is 265 Å². The van der Waals surface area contributed by atoms with Crippen molar-refractivity contribution in [3.8, 4) is 11.5 Å². The van der Waals surface area contributed by atoms with E-state index in [1.807, 2.05) is 146 Å². The summed E-state index contributed by atoms with van der Waals surface area (Å²) in [7, 11) is 11.5. The lowest BCUT2D eigenvalue weighted by molar-refractivity contribution is -0.645. The number of nitrogens with one attached hydrogen (secondary N) is 4. The van der Waals surface area contributed by atoms with Crippen molar-refractivity contribution < 1.29 is 46.9 Å². The standard InChI is InChI=1S/C25H25N3OS.C24H24ClN3O2S.C23H23N3OS.C22H23N3O2S2/c1-18(2)26-24(29)17-28-22-12-6-7-13-23(22)30-25(28)14-8-9-19-15-16-27(3)21-11-5-4-10-20(19)21;1-15(2)26-23(29)14-28-21-13-18(30-4)6-8-22(21)31-24(28)11-16-9-10-27(3)20-7-5-17(25)12-19(16)20;1-16(2)24-22(27)15-26-20-10-6-7-11-21(20)28-23(26)14-17-12-13-25(3)19-9-5-4-8-18(17)19;1-14(2)23-20(26)13-25-17-11-15(27-4)9-10-19(17)29-22(25)12-21-24(3)16-7-5-6-8-18(16)28-21/h4-16,18H,17H2,1-3H3;5-13,15H,14H2,1-4H3;4-14,16H,15H2,1-3H3;5-12,14H,13H2,1-4H3/p+4. The average molecular weight is 1690 g/mol. The van der Waals surface area contributed by atoms with Crippen molar-refractivity contribution in [1.82, 2.24) is 21.3 Å². The Bertz CT molecular complexity index is 5960. The SMILES string of the molecule is CC(C)NC(=O)CN1/C(=C/C=C/c2cc[n+](C)c3ccccc23)Sc2ccccc21.CC(C)NC(=O)CN1/C(=C/c2cc[n+](C)c3ccccc23)Sc2ccccc21.COc1ccc2c(c1)N(CC(=O)NC(C)C)/C(=C/c1cc[n+](C)c3ccc(Cl)cc13)S2.COc1ccc2c(c1)N(CC(=O)NC(C)C)/C(=C/c1sc3ccccc3[n+]1C)S2. The highest BCUT2D eigenvalue weighted by Crippen LogP contribution is 2.51. The summed E-state index contributed by atoms with van der Waals surface area (Å²) >= 11 is 14.8. The minimum absolute atomic E-state index is 0.00267. The molecule has 0 aliphatic carbocycles. The van der Waals surface area contributed by atoms with Gasteiger partial charge in [-0.15, -0.1) is 0 Å². The summed E-state index contributed by atoms with van der Waals surface area (Å²) in [6.45, 7) is 16.9. The number of allylic oxidation sites excluding steroid dienone is 2. The van der Waals surface area contributed by atoms with Crippen LogP contribution in [0.25, 0.3) is 67.2 Å². The van der Waals surface area contributed by atoms with Crippen molar-refractivity contribution in [3.05, 3.63) is 272 Å². The van der Waals surface area contributed by atoms with Gasteiger partial charge in [-0.3, -0.25) is 19.2 Å². The Kier molecular flexibility index (Phi) is 27.7. The third-order valence-corrected chi connectivity index (χ3v) is 25.4. The number of pyridine rings is 3. The number of fused-ring (bicyclic) bond motifs is 8. The molecule has 4 amide bonds. The summed E-state index contributed by atoms with van der Waals surface area (Å²) in [5, 5.41) is 21.4. The Morgan fingerprint density at radius 3 is 1.24 bits per heavy atom. The molecule has 18 nitrogen and oxygen atoms in total. The van der Waals surface area contributed by atoms with Crippen LogP contribution in [0.1, 0.15) is 77.1 Å². The van der Waals surface area contributed by atoms with E-state index in [0.29, 0.717) is 18.1 Å². The normalized spacial score (nSPS) is 14.6. The van der Waals surface area contributed by atoms with Gasteiger partial charge in [-0.25, -0.2) is 13.7 Å². The predicted molar refractivity (Wildman–Crippen MR) is 489 cm³/mol. The number of hydrogen-bond acceptors (Lipinski definition) is 15. The van der Waals surface area contributed by atoms with Crippen LogP contribution >= 0.6 is 70.0 Å². The highest BCUT2D eigenvalue weighted by Gasteiger charge is 2.33. The van der Waals surface area contributed by atoms with Gasteiger partial charge < -0.3 is 50.3 Å². The smallest absolute Gasteiger partial charge is 0.265 e. The van der Waals surface area contributed by atoms with Gasteiger partial charge in [0.2, 0.25) is 45.7 Å². The molecule has 0 atom stereocenters. The number of thiazole rings is 1. The summed E-state index contributed by atoms with van der Waals surface area (Å²) < 4.78 is 20.6. The third kappa shape index (κ3) is 20.4. The summed E-state index contributed by atoms with van der Waals surface area (Å²) in [5.41, 5.74) is 12.2. The molecule has 4 aromatic heterocycles. The summed E-state index contributed by atoms with van der Waals surface area (Å²) in [6, 6.07) is 66.3. The first-order valence-corrected chi connectivity index (χ1v) is 43.6. The predicted octanol–water partition coefficient (Wildman–Crippen LogP) is 17.7. The molecule has 0 unspecified atom stereocenters. The van der Waals surface area contributed by atoms with Crippen LogP contribution < -0.4 is 68.6 Å². The van der Waals surface area contributed by atoms with E-state index in [1.165, 1.54) is 47.4 Å². The van der Waals surface area contributed by atoms with Gasteiger partial charge in [0.1, 0.15) is 70.6 Å². The lowest BCUT2D eigenvalue weighted by Gasteiger charge is -2.21. The highest BCUT2D eigenvalue weighted by atomic mass is 35.5. The van der Waals surface area contributed by atoms with E-state index in [4.69, 9.17) is 21.1 Å². The van der Waals surface area contributed by atoms with E-state index in [2.05, 4.69) is 246 Å². The zero-order valence-corrected chi connectivity index (χ0v) is 73.6. The van der Waals surface area contributed by atoms with Crippen LogP contribution in [0.5, 0.6) is 11.5 Å². The molecule has 604 valence electrons. The number of halogens is 1. The quantitative estimate of drug-likeness (QED) is 0.0566. The van der Waals surface area contributed by atoms with Gasteiger partial charge in [-0.2, -0.15) is 4.57 Å². The van der Waals surface area contributed by atoms with E-state index in [0.717, 1.165) is 91.2 Å². The second-order valence-corrected chi connectivity index (χ2v) is 35.6. The number of benzene rings is 8. The first-order valence-electron chi connectivity index (χ1n) is 39.1. The summed E-state index contributed by atoms with van der Waals surface area (Å²) in [6.07, 6.45) is 19.0. The zero-order chi connectivity index (χ0) is 83.4. The number of nitrogens with zero attached hydrogens (tertiary/aromatic N) is 8. The lowest BCUT2D eigenvalue weighted by Crippen LogP contribution is -2.38. The minimum Gasteiger partial charge on any atom is -0.497 e. The second-order valence-electron chi connectivity index (χ2n) is 29.9. The number of anilines is 4. The monoisotopic (exact) mass is 1690 g/mol. The maximum absolute atomic E-state index is 12.6. The van der Waals surface area contributed by atoms with Crippen molar-refractivity contribution >= 4 is 184 Å². The molecule has 0 saturated carbocycles. The average Bonchev–Trinajstić information content (AvgIpc) is 1.67. The fourth-order valence-corrected chi connectivity index (χ4v) is 19.8. The topological polar surface area (TPSA) is 163 Å². The van der Waals surface area contributed by atoms with Gasteiger partial charge in [-0.05, 0) is 169 Å². The summed E-state index contributed by atoms with van der Waals surface area (Å²) in [4.78, 5) is 63.0. The van der Waals surface area contributed by atoms with Gasteiger partial charge in [0, 0.05) is 103 Å². The number of aryl methyl sites for hydroxylation is 4. The number of amides is 4. The number of ether oxygens (including phenoxy) is 2. The molecule has 24 heteroatoms. The lowest BCUT2D eigenvalue weighted by atomic mass is 10.1.